The van der Waals surface area contributed by atoms with Gasteiger partial charge in [0.25, 0.3) is 5.91 Å². The predicted octanol–water partition coefficient (Wildman–Crippen LogP) is 4.58. The first kappa shape index (κ1) is 17.9. The van der Waals surface area contributed by atoms with Gasteiger partial charge in [0.15, 0.2) is 0 Å². The molecular formula is C24H21N3O. The van der Waals surface area contributed by atoms with E-state index in [1.165, 1.54) is 11.1 Å². The molecule has 1 heterocycles. The van der Waals surface area contributed by atoms with E-state index in [1.807, 2.05) is 54.6 Å². The summed E-state index contributed by atoms with van der Waals surface area (Å²) in [6.45, 7) is 2.63. The normalized spacial score (nSPS) is 10.8. The summed E-state index contributed by atoms with van der Waals surface area (Å²) in [5.41, 5.74) is 5.20. The topological polar surface area (TPSA) is 54.9 Å². The highest BCUT2D eigenvalue weighted by atomic mass is 16.1. The van der Waals surface area contributed by atoms with E-state index < -0.39 is 0 Å². The van der Waals surface area contributed by atoms with Gasteiger partial charge in [-0.3, -0.25) is 4.79 Å². The second kappa shape index (κ2) is 8.01. The lowest BCUT2D eigenvalue weighted by atomic mass is 10.0. The minimum Gasteiger partial charge on any atom is -0.352 e. The van der Waals surface area contributed by atoms with Crippen LogP contribution in [-0.4, -0.2) is 22.6 Å². The number of amides is 1. The largest absolute Gasteiger partial charge is 0.352 e. The number of carbonyl (C=O) groups excluding carboxylic acids is 1. The molecule has 28 heavy (non-hydrogen) atoms. The van der Waals surface area contributed by atoms with Gasteiger partial charge in [0, 0.05) is 17.5 Å². The number of benzene rings is 3. The lowest BCUT2D eigenvalue weighted by Gasteiger charge is -2.12. The van der Waals surface area contributed by atoms with Gasteiger partial charge in [0.05, 0.1) is 11.1 Å². The summed E-state index contributed by atoms with van der Waals surface area (Å²) in [7, 11) is 0. The summed E-state index contributed by atoms with van der Waals surface area (Å²) in [6.07, 6.45) is 0.781. The lowest BCUT2D eigenvalue weighted by Crippen LogP contribution is -2.27. The number of hydrogen-bond donors (Lipinski definition) is 1. The Morgan fingerprint density at radius 3 is 2.36 bits per heavy atom. The van der Waals surface area contributed by atoms with Crippen LogP contribution in [0.5, 0.6) is 0 Å². The van der Waals surface area contributed by atoms with Gasteiger partial charge in [-0.25, -0.2) is 0 Å². The van der Waals surface area contributed by atoms with E-state index in [4.69, 9.17) is 0 Å². The van der Waals surface area contributed by atoms with Gasteiger partial charge in [-0.2, -0.15) is 0 Å². The van der Waals surface area contributed by atoms with Gasteiger partial charge >= 0.3 is 0 Å². The molecule has 0 saturated heterocycles. The molecule has 4 rings (SSSR count). The standard InChI is InChI=1S/C24H21N3O/c1-17-11-13-18(14-12-17)15-16-25-24(28)22-20-9-5-6-10-21(20)26-27-23(22)19-7-3-2-4-8-19/h2-14H,15-16H2,1H3,(H,25,28). The smallest absolute Gasteiger partial charge is 0.254 e. The van der Waals surface area contributed by atoms with E-state index in [9.17, 15) is 4.79 Å². The molecule has 1 N–H and O–H groups in total. The third kappa shape index (κ3) is 3.76. The molecule has 4 nitrogen and oxygen atoms in total. The molecule has 4 heteroatoms. The summed E-state index contributed by atoms with van der Waals surface area (Å²) in [6, 6.07) is 25.7. The van der Waals surface area contributed by atoms with Gasteiger partial charge in [0.2, 0.25) is 0 Å². The first-order valence-electron chi connectivity index (χ1n) is 9.37. The molecule has 0 aliphatic heterocycles. The van der Waals surface area contributed by atoms with E-state index in [0.29, 0.717) is 23.3 Å². The van der Waals surface area contributed by atoms with E-state index in [-0.39, 0.29) is 5.91 Å². The summed E-state index contributed by atoms with van der Waals surface area (Å²) >= 11 is 0. The SMILES string of the molecule is Cc1ccc(CCNC(=O)c2c(-c3ccccc3)nnc3ccccc23)cc1. The van der Waals surface area contributed by atoms with Crippen molar-refractivity contribution in [3.05, 3.63) is 95.6 Å². The Morgan fingerprint density at radius 1 is 0.857 bits per heavy atom. The van der Waals surface area contributed by atoms with Gasteiger partial charge < -0.3 is 5.32 Å². The minimum atomic E-state index is -0.128. The highest BCUT2D eigenvalue weighted by Crippen LogP contribution is 2.26. The van der Waals surface area contributed by atoms with Crippen molar-refractivity contribution < 1.29 is 4.79 Å². The monoisotopic (exact) mass is 367 g/mol. The Morgan fingerprint density at radius 2 is 1.57 bits per heavy atom. The highest BCUT2D eigenvalue weighted by Gasteiger charge is 2.18. The molecule has 0 radical (unpaired) electrons. The van der Waals surface area contributed by atoms with Crippen molar-refractivity contribution in [2.24, 2.45) is 0 Å². The van der Waals surface area contributed by atoms with Crippen LogP contribution >= 0.6 is 0 Å². The van der Waals surface area contributed by atoms with Crippen LogP contribution in [0.1, 0.15) is 21.5 Å². The van der Waals surface area contributed by atoms with Crippen molar-refractivity contribution in [1.82, 2.24) is 15.5 Å². The molecule has 0 fully saturated rings. The van der Waals surface area contributed by atoms with Gasteiger partial charge in [-0.1, -0.05) is 78.4 Å². The molecule has 138 valence electrons. The van der Waals surface area contributed by atoms with Gasteiger partial charge in [-0.05, 0) is 25.0 Å². The van der Waals surface area contributed by atoms with Crippen molar-refractivity contribution in [3.8, 4) is 11.3 Å². The van der Waals surface area contributed by atoms with E-state index in [1.54, 1.807) is 0 Å². The fourth-order valence-corrected chi connectivity index (χ4v) is 3.25. The molecule has 0 aliphatic rings. The van der Waals surface area contributed by atoms with Crippen LogP contribution in [0.2, 0.25) is 0 Å². The zero-order valence-corrected chi connectivity index (χ0v) is 15.7. The Balaban J connectivity index is 1.64. The molecule has 0 aliphatic carbocycles. The maximum Gasteiger partial charge on any atom is 0.254 e. The summed E-state index contributed by atoms with van der Waals surface area (Å²) < 4.78 is 0. The third-order valence-corrected chi connectivity index (χ3v) is 4.76. The number of nitrogens with one attached hydrogen (secondary N) is 1. The Labute approximate surface area is 164 Å². The Bertz CT molecular complexity index is 1110. The van der Waals surface area contributed by atoms with Gasteiger partial charge in [-0.15, -0.1) is 10.2 Å². The van der Waals surface area contributed by atoms with Crippen LogP contribution in [0.25, 0.3) is 22.2 Å². The second-order valence-electron chi connectivity index (χ2n) is 6.80. The number of carbonyl (C=O) groups is 1. The zero-order chi connectivity index (χ0) is 19.3. The van der Waals surface area contributed by atoms with E-state index >= 15 is 0 Å². The third-order valence-electron chi connectivity index (χ3n) is 4.76. The van der Waals surface area contributed by atoms with E-state index in [0.717, 1.165) is 17.4 Å². The quantitative estimate of drug-likeness (QED) is 0.562. The first-order chi connectivity index (χ1) is 13.7. The molecule has 0 saturated carbocycles. The second-order valence-corrected chi connectivity index (χ2v) is 6.80. The van der Waals surface area contributed by atoms with Crippen molar-refractivity contribution >= 4 is 16.8 Å². The van der Waals surface area contributed by atoms with Crippen molar-refractivity contribution in [1.29, 1.82) is 0 Å². The fourth-order valence-electron chi connectivity index (χ4n) is 3.25. The predicted molar refractivity (Wildman–Crippen MR) is 112 cm³/mol. The Kier molecular flexibility index (Phi) is 5.11. The van der Waals surface area contributed by atoms with Crippen LogP contribution in [0.15, 0.2) is 78.9 Å². The fraction of sp³-hybridized carbons (Fsp3) is 0.125. The van der Waals surface area contributed by atoms with Crippen LogP contribution in [0.4, 0.5) is 0 Å². The zero-order valence-electron chi connectivity index (χ0n) is 15.7. The summed E-state index contributed by atoms with van der Waals surface area (Å²) in [5.74, 6) is -0.128. The van der Waals surface area contributed by atoms with E-state index in [2.05, 4.69) is 46.7 Å². The maximum atomic E-state index is 13.1. The number of nitrogens with zero attached hydrogens (tertiary/aromatic N) is 2. The Hall–Kier alpha value is -3.53. The molecule has 0 spiro atoms. The van der Waals surface area contributed by atoms with Crippen LogP contribution in [0, 0.1) is 6.92 Å². The molecule has 0 atom stereocenters. The molecule has 1 amide bonds. The number of hydrogen-bond acceptors (Lipinski definition) is 3. The molecule has 4 aromatic rings. The number of aryl methyl sites for hydroxylation is 1. The molecular weight excluding hydrogens is 346 g/mol. The molecule has 0 bridgehead atoms. The lowest BCUT2D eigenvalue weighted by molar-refractivity contribution is 0.0956. The van der Waals surface area contributed by atoms with Crippen LogP contribution < -0.4 is 5.32 Å². The van der Waals surface area contributed by atoms with Crippen LogP contribution in [0.3, 0.4) is 0 Å². The van der Waals surface area contributed by atoms with Crippen LogP contribution in [-0.2, 0) is 6.42 Å². The van der Waals surface area contributed by atoms with Crippen molar-refractivity contribution in [2.45, 2.75) is 13.3 Å². The summed E-state index contributed by atoms with van der Waals surface area (Å²) in [5, 5.41) is 12.5. The van der Waals surface area contributed by atoms with Crippen molar-refractivity contribution in [2.75, 3.05) is 6.54 Å². The average molecular weight is 367 g/mol. The number of aromatic nitrogens is 2. The number of fused-ring (bicyclic) bond motifs is 1. The molecule has 3 aromatic carbocycles. The maximum absolute atomic E-state index is 13.1. The van der Waals surface area contributed by atoms with Gasteiger partial charge in [0.1, 0.15) is 5.69 Å². The van der Waals surface area contributed by atoms with Crippen molar-refractivity contribution in [3.63, 3.8) is 0 Å². The molecule has 0 unspecified atom stereocenters. The molecule has 1 aromatic heterocycles. The number of rotatable bonds is 5. The first-order valence-corrected chi connectivity index (χ1v) is 9.37. The minimum absolute atomic E-state index is 0.128. The summed E-state index contributed by atoms with van der Waals surface area (Å²) in [4.78, 5) is 13.1. The average Bonchev–Trinajstić information content (AvgIpc) is 2.75. The highest BCUT2D eigenvalue weighted by molar-refractivity contribution is 6.10.